The zero-order chi connectivity index (χ0) is 12.4. The molecule has 0 radical (unpaired) electrons. The normalized spacial score (nSPS) is 12.7. The maximum atomic E-state index is 13.3. The summed E-state index contributed by atoms with van der Waals surface area (Å²) < 4.78 is 15.0. The fourth-order valence-corrected chi connectivity index (χ4v) is 1.89. The Morgan fingerprint density at radius 3 is 2.82 bits per heavy atom. The molecule has 2 rings (SSSR count). The Hall–Kier alpha value is -1.39. The summed E-state index contributed by atoms with van der Waals surface area (Å²) >= 11 is 5.62. The maximum absolute atomic E-state index is 13.3. The average Bonchev–Trinajstić information content (AvgIpc) is 2.70. The van der Waals surface area contributed by atoms with Gasteiger partial charge in [0.15, 0.2) is 0 Å². The second-order valence-corrected chi connectivity index (χ2v) is 4.35. The number of benzene rings is 1. The van der Waals surface area contributed by atoms with Crippen LogP contribution in [-0.2, 0) is 13.5 Å². The summed E-state index contributed by atoms with van der Waals surface area (Å²) in [6.45, 7) is 0. The quantitative estimate of drug-likeness (QED) is 0.913. The van der Waals surface area contributed by atoms with Crippen molar-refractivity contribution in [3.63, 3.8) is 0 Å². The van der Waals surface area contributed by atoms with Crippen molar-refractivity contribution in [1.82, 2.24) is 9.78 Å². The maximum Gasteiger partial charge on any atom is 0.142 e. The number of hydrogen-bond donors (Lipinski definition) is 1. The molecule has 1 unspecified atom stereocenters. The molecule has 90 valence electrons. The number of aromatic nitrogens is 2. The van der Waals surface area contributed by atoms with Crippen LogP contribution in [0.3, 0.4) is 0 Å². The molecule has 3 nitrogen and oxygen atoms in total. The van der Waals surface area contributed by atoms with Crippen LogP contribution in [0.5, 0.6) is 0 Å². The molecule has 0 amide bonds. The highest BCUT2D eigenvalue weighted by Crippen LogP contribution is 2.19. The lowest BCUT2D eigenvalue weighted by Gasteiger charge is -2.12. The van der Waals surface area contributed by atoms with E-state index in [1.165, 1.54) is 6.07 Å². The third-order valence-corrected chi connectivity index (χ3v) is 2.98. The lowest BCUT2D eigenvalue weighted by atomic mass is 10.0. The Morgan fingerprint density at radius 2 is 2.24 bits per heavy atom. The van der Waals surface area contributed by atoms with Crippen molar-refractivity contribution < 1.29 is 4.39 Å². The first-order chi connectivity index (χ1) is 8.08. The van der Waals surface area contributed by atoms with Crippen molar-refractivity contribution in [3.05, 3.63) is 52.6 Å². The van der Waals surface area contributed by atoms with Gasteiger partial charge in [-0.25, -0.2) is 4.39 Å². The van der Waals surface area contributed by atoms with Gasteiger partial charge in [-0.15, -0.1) is 0 Å². The van der Waals surface area contributed by atoms with Crippen LogP contribution in [-0.4, -0.2) is 9.78 Å². The van der Waals surface area contributed by atoms with Crippen LogP contribution in [0.2, 0.25) is 5.02 Å². The first-order valence-corrected chi connectivity index (χ1v) is 5.63. The number of rotatable bonds is 3. The summed E-state index contributed by atoms with van der Waals surface area (Å²) in [6.07, 6.45) is 2.24. The van der Waals surface area contributed by atoms with E-state index in [0.717, 1.165) is 11.3 Å². The van der Waals surface area contributed by atoms with Crippen molar-refractivity contribution in [2.24, 2.45) is 12.8 Å². The van der Waals surface area contributed by atoms with Gasteiger partial charge < -0.3 is 5.73 Å². The van der Waals surface area contributed by atoms with E-state index in [1.807, 2.05) is 13.1 Å². The molecular weight excluding hydrogens is 241 g/mol. The molecule has 17 heavy (non-hydrogen) atoms. The van der Waals surface area contributed by atoms with Gasteiger partial charge in [0.2, 0.25) is 0 Å². The van der Waals surface area contributed by atoms with Crippen LogP contribution in [0.4, 0.5) is 4.39 Å². The highest BCUT2D eigenvalue weighted by Gasteiger charge is 2.11. The average molecular weight is 254 g/mol. The monoisotopic (exact) mass is 253 g/mol. The summed E-state index contributed by atoms with van der Waals surface area (Å²) in [5.41, 5.74) is 7.78. The van der Waals surface area contributed by atoms with Crippen LogP contribution in [0.25, 0.3) is 0 Å². The van der Waals surface area contributed by atoms with E-state index in [9.17, 15) is 4.39 Å². The number of hydrogen-bond acceptors (Lipinski definition) is 2. The molecule has 0 saturated carbocycles. The van der Waals surface area contributed by atoms with Crippen LogP contribution in [0.15, 0.2) is 30.5 Å². The molecule has 2 N–H and O–H groups in total. The third kappa shape index (κ3) is 2.65. The summed E-state index contributed by atoms with van der Waals surface area (Å²) in [5.74, 6) is -0.415. The van der Waals surface area contributed by atoms with E-state index in [4.69, 9.17) is 17.3 Å². The van der Waals surface area contributed by atoms with Crippen molar-refractivity contribution in [1.29, 1.82) is 0 Å². The molecule has 0 bridgehead atoms. The molecule has 1 atom stereocenters. The molecule has 2 aromatic rings. The van der Waals surface area contributed by atoms with Gasteiger partial charge in [-0.05, 0) is 30.2 Å². The fraction of sp³-hybridized carbons (Fsp3) is 0.250. The smallest absolute Gasteiger partial charge is 0.142 e. The first kappa shape index (κ1) is 12.1. The summed E-state index contributed by atoms with van der Waals surface area (Å²) in [6, 6.07) is 6.39. The lowest BCUT2D eigenvalue weighted by Crippen LogP contribution is -2.17. The predicted molar refractivity (Wildman–Crippen MR) is 65.3 cm³/mol. The van der Waals surface area contributed by atoms with Crippen molar-refractivity contribution >= 4 is 11.6 Å². The van der Waals surface area contributed by atoms with Gasteiger partial charge in [-0.1, -0.05) is 17.7 Å². The number of nitrogens with zero attached hydrogens (tertiary/aromatic N) is 2. The van der Waals surface area contributed by atoms with E-state index in [-0.39, 0.29) is 11.1 Å². The fourth-order valence-electron chi connectivity index (χ4n) is 1.77. The topological polar surface area (TPSA) is 43.8 Å². The second kappa shape index (κ2) is 4.85. The van der Waals surface area contributed by atoms with Gasteiger partial charge in [0, 0.05) is 13.2 Å². The minimum atomic E-state index is -0.415. The van der Waals surface area contributed by atoms with Crippen LogP contribution in [0, 0.1) is 5.82 Å². The Labute approximate surface area is 104 Å². The van der Waals surface area contributed by atoms with Gasteiger partial charge in [0.1, 0.15) is 5.82 Å². The largest absolute Gasteiger partial charge is 0.322 e. The van der Waals surface area contributed by atoms with E-state index >= 15 is 0 Å². The predicted octanol–water partition coefficient (Wildman–Crippen LogP) is 2.46. The Bertz CT molecular complexity index is 524. The van der Waals surface area contributed by atoms with Crippen molar-refractivity contribution in [3.8, 4) is 0 Å². The van der Waals surface area contributed by atoms with Crippen molar-refractivity contribution in [2.45, 2.75) is 12.5 Å². The summed E-state index contributed by atoms with van der Waals surface area (Å²) in [5, 5.41) is 4.18. The molecule has 0 aliphatic rings. The molecule has 5 heteroatoms. The van der Waals surface area contributed by atoms with Gasteiger partial charge in [-0.2, -0.15) is 5.10 Å². The Morgan fingerprint density at radius 1 is 1.47 bits per heavy atom. The van der Waals surface area contributed by atoms with Gasteiger partial charge in [0.25, 0.3) is 0 Å². The zero-order valence-electron chi connectivity index (χ0n) is 9.40. The SMILES string of the molecule is Cn1nccc1C(N)Cc1ccc(Cl)c(F)c1. The van der Waals surface area contributed by atoms with Crippen LogP contribution in [0.1, 0.15) is 17.3 Å². The second-order valence-electron chi connectivity index (χ2n) is 3.94. The van der Waals surface area contributed by atoms with Gasteiger partial charge in [-0.3, -0.25) is 4.68 Å². The van der Waals surface area contributed by atoms with E-state index in [1.54, 1.807) is 23.0 Å². The molecule has 0 saturated heterocycles. The van der Waals surface area contributed by atoms with E-state index in [0.29, 0.717) is 6.42 Å². The van der Waals surface area contributed by atoms with Crippen LogP contribution >= 0.6 is 11.6 Å². The zero-order valence-corrected chi connectivity index (χ0v) is 10.2. The minimum absolute atomic E-state index is 0.128. The highest BCUT2D eigenvalue weighted by atomic mass is 35.5. The summed E-state index contributed by atoms with van der Waals surface area (Å²) in [4.78, 5) is 0. The Kier molecular flexibility index (Phi) is 3.45. The molecule has 0 fully saturated rings. The molecule has 0 aliphatic heterocycles. The molecular formula is C12H13ClFN3. The molecule has 1 aromatic heterocycles. The number of nitrogens with two attached hydrogens (primary N) is 1. The molecule has 0 spiro atoms. The third-order valence-electron chi connectivity index (χ3n) is 2.68. The van der Waals surface area contributed by atoms with Crippen molar-refractivity contribution in [2.75, 3.05) is 0 Å². The Balaban J connectivity index is 2.16. The molecule has 0 aliphatic carbocycles. The van der Waals surface area contributed by atoms with E-state index < -0.39 is 5.82 Å². The minimum Gasteiger partial charge on any atom is -0.322 e. The first-order valence-electron chi connectivity index (χ1n) is 5.25. The van der Waals surface area contributed by atoms with Gasteiger partial charge >= 0.3 is 0 Å². The highest BCUT2D eigenvalue weighted by molar-refractivity contribution is 6.30. The summed E-state index contributed by atoms with van der Waals surface area (Å²) in [7, 11) is 1.83. The standard InChI is InChI=1S/C12H13ClFN3/c1-17-12(4-5-16-17)11(15)7-8-2-3-9(13)10(14)6-8/h2-6,11H,7,15H2,1H3. The van der Waals surface area contributed by atoms with Crippen LogP contribution < -0.4 is 5.73 Å². The molecule has 1 heterocycles. The van der Waals surface area contributed by atoms with E-state index in [2.05, 4.69) is 5.10 Å². The number of halogens is 2. The van der Waals surface area contributed by atoms with Gasteiger partial charge in [0.05, 0.1) is 16.8 Å². The lowest BCUT2D eigenvalue weighted by molar-refractivity contribution is 0.605. The number of aryl methyl sites for hydroxylation is 1. The molecule has 1 aromatic carbocycles.